The van der Waals surface area contributed by atoms with Gasteiger partial charge in [0, 0.05) is 64.4 Å². The molecule has 0 aliphatic carbocycles. The Labute approximate surface area is 205 Å². The molecule has 2 aromatic carbocycles. The van der Waals surface area contributed by atoms with Gasteiger partial charge in [-0.3, -0.25) is 9.97 Å². The fraction of sp³-hybridized carbons (Fsp3) is 0. The average molecular weight is 485 g/mol. The van der Waals surface area contributed by atoms with E-state index in [1.54, 1.807) is 61.2 Å². The Hall–Kier alpha value is -4.56. The molecule has 9 heteroatoms. The maximum absolute atomic E-state index is 14.9. The number of pyridine rings is 2. The summed E-state index contributed by atoms with van der Waals surface area (Å²) < 4.78 is 20.8. The number of aromatic nitrogens is 4. The highest BCUT2D eigenvalue weighted by Crippen LogP contribution is 2.34. The molecular formula is C26H18ClFN6O. The largest absolute Gasteiger partial charge is 0.454 e. The Balaban J connectivity index is 1.32. The van der Waals surface area contributed by atoms with E-state index in [9.17, 15) is 4.39 Å². The Morgan fingerprint density at radius 1 is 0.743 bits per heavy atom. The third-order valence-electron chi connectivity index (χ3n) is 4.94. The fourth-order valence-electron chi connectivity index (χ4n) is 3.35. The smallest absolute Gasteiger partial charge is 0.167 e. The Bertz CT molecular complexity index is 1470. The Morgan fingerprint density at radius 2 is 1.54 bits per heavy atom. The third-order valence-corrected chi connectivity index (χ3v) is 5.18. The number of rotatable bonds is 7. The van der Waals surface area contributed by atoms with Crippen LogP contribution in [0.25, 0.3) is 11.1 Å². The van der Waals surface area contributed by atoms with Crippen LogP contribution < -0.4 is 15.4 Å². The molecule has 7 nitrogen and oxygen atoms in total. The van der Waals surface area contributed by atoms with Crippen LogP contribution in [0.5, 0.6) is 11.5 Å². The number of anilines is 4. The van der Waals surface area contributed by atoms with Crippen molar-refractivity contribution in [3.05, 3.63) is 109 Å². The van der Waals surface area contributed by atoms with Crippen molar-refractivity contribution < 1.29 is 9.13 Å². The zero-order chi connectivity index (χ0) is 24.0. The van der Waals surface area contributed by atoms with E-state index in [-0.39, 0.29) is 5.75 Å². The molecule has 2 N–H and O–H groups in total. The topological polar surface area (TPSA) is 84.9 Å². The van der Waals surface area contributed by atoms with Gasteiger partial charge in [-0.15, -0.1) is 0 Å². The van der Waals surface area contributed by atoms with E-state index in [2.05, 4.69) is 30.6 Å². The quantitative estimate of drug-likeness (QED) is 0.257. The minimum Gasteiger partial charge on any atom is -0.454 e. The molecule has 0 aliphatic rings. The Morgan fingerprint density at radius 3 is 2.29 bits per heavy atom. The van der Waals surface area contributed by atoms with Crippen LogP contribution in [0, 0.1) is 5.82 Å². The first-order chi connectivity index (χ1) is 17.1. The van der Waals surface area contributed by atoms with Crippen LogP contribution in [-0.4, -0.2) is 19.9 Å². The summed E-state index contributed by atoms with van der Waals surface area (Å²) >= 11 is 6.03. The molecule has 3 aromatic heterocycles. The van der Waals surface area contributed by atoms with Gasteiger partial charge in [-0.1, -0.05) is 23.7 Å². The highest BCUT2D eigenvalue weighted by Gasteiger charge is 2.12. The summed E-state index contributed by atoms with van der Waals surface area (Å²) in [6, 6.07) is 19.0. The van der Waals surface area contributed by atoms with Crippen molar-refractivity contribution in [2.45, 2.75) is 0 Å². The molecule has 172 valence electrons. The molecule has 0 radical (unpaired) electrons. The van der Waals surface area contributed by atoms with Crippen LogP contribution in [0.4, 0.5) is 27.4 Å². The van der Waals surface area contributed by atoms with Crippen LogP contribution in [-0.2, 0) is 0 Å². The van der Waals surface area contributed by atoms with Gasteiger partial charge in [-0.2, -0.15) is 0 Å². The van der Waals surface area contributed by atoms with Crippen molar-refractivity contribution >= 4 is 34.6 Å². The van der Waals surface area contributed by atoms with E-state index in [0.717, 1.165) is 11.3 Å². The first-order valence-corrected chi connectivity index (χ1v) is 11.0. The van der Waals surface area contributed by atoms with E-state index in [1.807, 2.05) is 24.3 Å². The standard InChI is InChI=1S/C26H18ClFN6O/c27-18-4-1-5-19(11-18)33-25-13-26(32-16-31-25)34-20-6-7-24(22(28)12-20)35-23-8-10-30-15-21(23)17-3-2-9-29-14-17/h1-16H,(H2,31,32,33,34). The lowest BCUT2D eigenvalue weighted by Crippen LogP contribution is -1.99. The second kappa shape index (κ2) is 10.1. The number of ether oxygens (including phenoxy) is 1. The number of hydrogen-bond donors (Lipinski definition) is 2. The van der Waals surface area contributed by atoms with Gasteiger partial charge in [-0.25, -0.2) is 14.4 Å². The third kappa shape index (κ3) is 5.51. The van der Waals surface area contributed by atoms with Crippen molar-refractivity contribution in [1.82, 2.24) is 19.9 Å². The molecule has 35 heavy (non-hydrogen) atoms. The van der Waals surface area contributed by atoms with Crippen LogP contribution in [0.2, 0.25) is 5.02 Å². The lowest BCUT2D eigenvalue weighted by molar-refractivity contribution is 0.443. The highest BCUT2D eigenvalue weighted by atomic mass is 35.5. The molecule has 0 bridgehead atoms. The van der Waals surface area contributed by atoms with Gasteiger partial charge in [0.25, 0.3) is 0 Å². The van der Waals surface area contributed by atoms with Crippen LogP contribution in [0.3, 0.4) is 0 Å². The summed E-state index contributed by atoms with van der Waals surface area (Å²) in [7, 11) is 0. The van der Waals surface area contributed by atoms with Gasteiger partial charge < -0.3 is 15.4 Å². The molecule has 0 aliphatic heterocycles. The maximum atomic E-state index is 14.9. The monoisotopic (exact) mass is 484 g/mol. The number of nitrogens with zero attached hydrogens (tertiary/aromatic N) is 4. The number of nitrogens with one attached hydrogen (secondary N) is 2. The number of hydrogen-bond acceptors (Lipinski definition) is 7. The zero-order valence-electron chi connectivity index (χ0n) is 18.2. The van der Waals surface area contributed by atoms with E-state index >= 15 is 0 Å². The molecular weight excluding hydrogens is 467 g/mol. The molecule has 0 fully saturated rings. The fourth-order valence-corrected chi connectivity index (χ4v) is 3.54. The van der Waals surface area contributed by atoms with Gasteiger partial charge in [0.2, 0.25) is 0 Å². The van der Waals surface area contributed by atoms with Gasteiger partial charge in [0.05, 0.1) is 0 Å². The van der Waals surface area contributed by atoms with Crippen LogP contribution in [0.15, 0.2) is 97.8 Å². The minimum absolute atomic E-state index is 0.0814. The molecule has 0 saturated heterocycles. The van der Waals surface area contributed by atoms with Gasteiger partial charge in [0.15, 0.2) is 11.6 Å². The number of benzene rings is 2. The van der Waals surface area contributed by atoms with Crippen molar-refractivity contribution in [2.75, 3.05) is 10.6 Å². The SMILES string of the molecule is Fc1cc(Nc2cc(Nc3cccc(Cl)c3)ncn2)ccc1Oc1ccncc1-c1cccnc1. The number of halogens is 2. The Kier molecular flexibility index (Phi) is 6.45. The molecule has 0 unspecified atom stereocenters. The molecule has 5 aromatic rings. The van der Waals surface area contributed by atoms with E-state index in [4.69, 9.17) is 16.3 Å². The first-order valence-electron chi connectivity index (χ1n) is 10.6. The van der Waals surface area contributed by atoms with Crippen molar-refractivity contribution in [1.29, 1.82) is 0 Å². The molecule has 3 heterocycles. The lowest BCUT2D eigenvalue weighted by atomic mass is 10.1. The lowest BCUT2D eigenvalue weighted by Gasteiger charge is -2.13. The summed E-state index contributed by atoms with van der Waals surface area (Å²) in [6.45, 7) is 0. The van der Waals surface area contributed by atoms with Crippen LogP contribution >= 0.6 is 11.6 Å². The van der Waals surface area contributed by atoms with Gasteiger partial charge in [0.1, 0.15) is 23.7 Å². The summed E-state index contributed by atoms with van der Waals surface area (Å²) in [4.78, 5) is 16.7. The average Bonchev–Trinajstić information content (AvgIpc) is 2.87. The summed E-state index contributed by atoms with van der Waals surface area (Å²) in [6.07, 6.45) is 8.04. The first kappa shape index (κ1) is 22.2. The molecule has 0 spiro atoms. The summed E-state index contributed by atoms with van der Waals surface area (Å²) in [5.41, 5.74) is 2.82. The molecule has 5 rings (SSSR count). The maximum Gasteiger partial charge on any atom is 0.167 e. The predicted molar refractivity (Wildman–Crippen MR) is 134 cm³/mol. The van der Waals surface area contributed by atoms with Crippen molar-refractivity contribution in [3.8, 4) is 22.6 Å². The second-order valence-electron chi connectivity index (χ2n) is 7.41. The minimum atomic E-state index is -0.532. The zero-order valence-corrected chi connectivity index (χ0v) is 18.9. The summed E-state index contributed by atoms with van der Waals surface area (Å²) in [5, 5.41) is 6.85. The van der Waals surface area contributed by atoms with Crippen molar-refractivity contribution in [2.24, 2.45) is 0 Å². The van der Waals surface area contributed by atoms with E-state index < -0.39 is 5.82 Å². The molecule has 0 atom stereocenters. The predicted octanol–water partition coefficient (Wildman–Crippen LogP) is 7.01. The summed E-state index contributed by atoms with van der Waals surface area (Å²) in [5.74, 6) is 1.07. The molecule has 0 saturated carbocycles. The van der Waals surface area contributed by atoms with Crippen molar-refractivity contribution in [3.63, 3.8) is 0 Å². The van der Waals surface area contributed by atoms with Gasteiger partial charge in [-0.05, 0) is 42.5 Å². The molecule has 0 amide bonds. The van der Waals surface area contributed by atoms with Crippen LogP contribution in [0.1, 0.15) is 0 Å². The van der Waals surface area contributed by atoms with E-state index in [1.165, 1.54) is 12.4 Å². The second-order valence-corrected chi connectivity index (χ2v) is 7.85. The van der Waals surface area contributed by atoms with E-state index in [0.29, 0.717) is 33.7 Å². The van der Waals surface area contributed by atoms with Gasteiger partial charge >= 0.3 is 0 Å². The normalized spacial score (nSPS) is 10.6. The highest BCUT2D eigenvalue weighted by molar-refractivity contribution is 6.30.